The summed E-state index contributed by atoms with van der Waals surface area (Å²) in [4.78, 5) is 8.53. The van der Waals surface area contributed by atoms with Crippen molar-refractivity contribution in [1.82, 2.24) is 14.5 Å². The first-order valence-corrected chi connectivity index (χ1v) is 4.76. The van der Waals surface area contributed by atoms with Crippen molar-refractivity contribution >= 4 is 11.2 Å². The van der Waals surface area contributed by atoms with E-state index in [1.165, 1.54) is 5.56 Å². The highest BCUT2D eigenvalue weighted by molar-refractivity contribution is 5.71. The number of aromatic nitrogens is 3. The van der Waals surface area contributed by atoms with Crippen LogP contribution in [0.2, 0.25) is 0 Å². The van der Waals surface area contributed by atoms with Crippen molar-refractivity contribution in [3.8, 4) is 0 Å². The smallest absolute Gasteiger partial charge is 0.177 e. The molecule has 0 fully saturated rings. The Labute approximate surface area is 83.8 Å². The molecule has 0 bridgehead atoms. The molecule has 0 N–H and O–H groups in total. The molecule has 2 heterocycles. The minimum absolute atomic E-state index is 0.144. The SMILES string of the molecule is Cn1cnc2ncc(C(C)(C)C)cc21. The van der Waals surface area contributed by atoms with Gasteiger partial charge in [0.1, 0.15) is 0 Å². The van der Waals surface area contributed by atoms with Gasteiger partial charge in [-0.05, 0) is 17.0 Å². The van der Waals surface area contributed by atoms with Gasteiger partial charge < -0.3 is 4.57 Å². The summed E-state index contributed by atoms with van der Waals surface area (Å²) in [5.74, 6) is 0. The Morgan fingerprint density at radius 1 is 1.21 bits per heavy atom. The fourth-order valence-electron chi connectivity index (χ4n) is 1.42. The Morgan fingerprint density at radius 3 is 2.57 bits per heavy atom. The van der Waals surface area contributed by atoms with Gasteiger partial charge in [0.25, 0.3) is 0 Å². The molecule has 0 atom stereocenters. The highest BCUT2D eigenvalue weighted by Crippen LogP contribution is 2.23. The van der Waals surface area contributed by atoms with Crippen LogP contribution in [0.25, 0.3) is 11.2 Å². The third-order valence-corrected chi connectivity index (χ3v) is 2.45. The molecule has 0 aromatic carbocycles. The molecule has 0 aliphatic rings. The summed E-state index contributed by atoms with van der Waals surface area (Å²) in [6, 6.07) is 2.16. The fraction of sp³-hybridized carbons (Fsp3) is 0.455. The molecule has 3 heteroatoms. The Morgan fingerprint density at radius 2 is 1.93 bits per heavy atom. The van der Waals surface area contributed by atoms with Gasteiger partial charge in [0.2, 0.25) is 0 Å². The van der Waals surface area contributed by atoms with Gasteiger partial charge in [-0.3, -0.25) is 0 Å². The van der Waals surface area contributed by atoms with E-state index >= 15 is 0 Å². The van der Waals surface area contributed by atoms with Crippen molar-refractivity contribution in [2.75, 3.05) is 0 Å². The van der Waals surface area contributed by atoms with Crippen molar-refractivity contribution in [1.29, 1.82) is 0 Å². The maximum absolute atomic E-state index is 4.34. The molecular formula is C11H15N3. The molecule has 2 aromatic heterocycles. The van der Waals surface area contributed by atoms with Gasteiger partial charge in [0.15, 0.2) is 5.65 Å². The average molecular weight is 189 g/mol. The van der Waals surface area contributed by atoms with Gasteiger partial charge in [-0.1, -0.05) is 20.8 Å². The highest BCUT2D eigenvalue weighted by Gasteiger charge is 2.15. The molecular weight excluding hydrogens is 174 g/mol. The monoisotopic (exact) mass is 189 g/mol. The molecule has 3 nitrogen and oxygen atoms in total. The third kappa shape index (κ3) is 1.39. The lowest BCUT2D eigenvalue weighted by molar-refractivity contribution is 0.588. The van der Waals surface area contributed by atoms with E-state index in [1.54, 1.807) is 6.33 Å². The molecule has 0 aliphatic heterocycles. The van der Waals surface area contributed by atoms with Crippen LogP contribution in [0.15, 0.2) is 18.6 Å². The van der Waals surface area contributed by atoms with Crippen LogP contribution in [-0.4, -0.2) is 14.5 Å². The first kappa shape index (κ1) is 9.19. The van der Waals surface area contributed by atoms with E-state index in [1.807, 2.05) is 17.8 Å². The predicted molar refractivity (Wildman–Crippen MR) is 57.2 cm³/mol. The second-order valence-electron chi connectivity index (χ2n) is 4.67. The van der Waals surface area contributed by atoms with Gasteiger partial charge in [-0.25, -0.2) is 9.97 Å². The second-order valence-corrected chi connectivity index (χ2v) is 4.67. The average Bonchev–Trinajstić information content (AvgIpc) is 2.46. The third-order valence-electron chi connectivity index (χ3n) is 2.45. The quantitative estimate of drug-likeness (QED) is 0.636. The van der Waals surface area contributed by atoms with E-state index in [0.29, 0.717) is 0 Å². The summed E-state index contributed by atoms with van der Waals surface area (Å²) in [5, 5.41) is 0. The summed E-state index contributed by atoms with van der Waals surface area (Å²) in [6.45, 7) is 6.56. The number of hydrogen-bond donors (Lipinski definition) is 0. The summed E-state index contributed by atoms with van der Waals surface area (Å²) in [7, 11) is 1.99. The molecule has 0 saturated carbocycles. The van der Waals surface area contributed by atoms with Crippen LogP contribution in [0.5, 0.6) is 0 Å². The normalized spacial score (nSPS) is 12.3. The molecule has 2 rings (SSSR count). The van der Waals surface area contributed by atoms with Gasteiger partial charge >= 0.3 is 0 Å². The Hall–Kier alpha value is -1.38. The highest BCUT2D eigenvalue weighted by atomic mass is 15.0. The predicted octanol–water partition coefficient (Wildman–Crippen LogP) is 2.27. The van der Waals surface area contributed by atoms with Crippen molar-refractivity contribution in [2.45, 2.75) is 26.2 Å². The molecule has 0 unspecified atom stereocenters. The molecule has 0 aliphatic carbocycles. The van der Waals surface area contributed by atoms with Crippen LogP contribution >= 0.6 is 0 Å². The topological polar surface area (TPSA) is 30.7 Å². The summed E-state index contributed by atoms with van der Waals surface area (Å²) in [5.41, 5.74) is 3.30. The van der Waals surface area contributed by atoms with Crippen LogP contribution in [-0.2, 0) is 12.5 Å². The van der Waals surface area contributed by atoms with E-state index in [2.05, 4.69) is 36.8 Å². The van der Waals surface area contributed by atoms with Gasteiger partial charge in [0, 0.05) is 13.2 Å². The molecule has 14 heavy (non-hydrogen) atoms. The zero-order valence-corrected chi connectivity index (χ0v) is 9.07. The van der Waals surface area contributed by atoms with E-state index in [9.17, 15) is 0 Å². The number of rotatable bonds is 0. The Bertz CT molecular complexity index is 463. The van der Waals surface area contributed by atoms with E-state index in [-0.39, 0.29) is 5.41 Å². The zero-order valence-electron chi connectivity index (χ0n) is 9.07. The maximum atomic E-state index is 4.34. The Kier molecular flexibility index (Phi) is 1.84. The number of imidazole rings is 1. The van der Waals surface area contributed by atoms with Gasteiger partial charge in [-0.2, -0.15) is 0 Å². The minimum atomic E-state index is 0.144. The van der Waals surface area contributed by atoms with Crippen LogP contribution in [0.4, 0.5) is 0 Å². The van der Waals surface area contributed by atoms with Crippen LogP contribution in [0, 0.1) is 0 Å². The van der Waals surface area contributed by atoms with Crippen molar-refractivity contribution < 1.29 is 0 Å². The largest absolute Gasteiger partial charge is 0.332 e. The Balaban J connectivity index is 2.66. The lowest BCUT2D eigenvalue weighted by Gasteiger charge is -2.18. The summed E-state index contributed by atoms with van der Waals surface area (Å²) in [6.07, 6.45) is 3.71. The van der Waals surface area contributed by atoms with Gasteiger partial charge in [-0.15, -0.1) is 0 Å². The van der Waals surface area contributed by atoms with Crippen molar-refractivity contribution in [3.05, 3.63) is 24.2 Å². The molecule has 2 aromatic rings. The zero-order chi connectivity index (χ0) is 10.3. The maximum Gasteiger partial charge on any atom is 0.177 e. The number of nitrogens with zero attached hydrogens (tertiary/aromatic N) is 3. The van der Waals surface area contributed by atoms with Crippen LogP contribution in [0.1, 0.15) is 26.3 Å². The number of pyridine rings is 1. The first-order chi connectivity index (χ1) is 6.48. The van der Waals surface area contributed by atoms with Gasteiger partial charge in [0.05, 0.1) is 11.8 Å². The minimum Gasteiger partial charge on any atom is -0.332 e. The first-order valence-electron chi connectivity index (χ1n) is 4.76. The van der Waals surface area contributed by atoms with Crippen LogP contribution in [0.3, 0.4) is 0 Å². The summed E-state index contributed by atoms with van der Waals surface area (Å²) >= 11 is 0. The molecule has 0 radical (unpaired) electrons. The number of aryl methyl sites for hydroxylation is 1. The summed E-state index contributed by atoms with van der Waals surface area (Å²) < 4.78 is 2.00. The van der Waals surface area contributed by atoms with E-state index in [4.69, 9.17) is 0 Å². The van der Waals surface area contributed by atoms with Crippen molar-refractivity contribution in [2.24, 2.45) is 7.05 Å². The standard InChI is InChI=1S/C11H15N3/c1-11(2,3)8-5-9-10(12-6-8)13-7-14(9)4/h5-7H,1-4H3. The lowest BCUT2D eigenvalue weighted by atomic mass is 9.88. The molecule has 0 spiro atoms. The molecule has 0 saturated heterocycles. The number of hydrogen-bond acceptors (Lipinski definition) is 2. The van der Waals surface area contributed by atoms with E-state index < -0.39 is 0 Å². The van der Waals surface area contributed by atoms with Crippen molar-refractivity contribution in [3.63, 3.8) is 0 Å². The van der Waals surface area contributed by atoms with Crippen LogP contribution < -0.4 is 0 Å². The molecule has 74 valence electrons. The fourth-order valence-corrected chi connectivity index (χ4v) is 1.42. The lowest BCUT2D eigenvalue weighted by Crippen LogP contribution is -2.11. The number of fused-ring (bicyclic) bond motifs is 1. The molecule has 0 amide bonds. The van der Waals surface area contributed by atoms with E-state index in [0.717, 1.165) is 11.2 Å². The second kappa shape index (κ2) is 2.80.